The largest absolute Gasteiger partial charge is 0.494 e. The van der Waals surface area contributed by atoms with E-state index in [-0.39, 0.29) is 75.8 Å². The molecule has 15 heteroatoms. The van der Waals surface area contributed by atoms with Crippen LogP contribution in [0.5, 0.6) is 17.5 Å². The van der Waals surface area contributed by atoms with E-state index in [1.54, 1.807) is 23.1 Å². The Labute approximate surface area is 322 Å². The van der Waals surface area contributed by atoms with Gasteiger partial charge in [0, 0.05) is 49.7 Å². The van der Waals surface area contributed by atoms with E-state index < -0.39 is 28.9 Å². The molecule has 4 aliphatic heterocycles. The topological polar surface area (TPSA) is 98.7 Å². The molecule has 4 atom stereocenters. The van der Waals surface area contributed by atoms with Crippen molar-refractivity contribution >= 4 is 45.2 Å². The predicted molar refractivity (Wildman–Crippen MR) is 202 cm³/mol. The van der Waals surface area contributed by atoms with E-state index in [4.69, 9.17) is 40.3 Å². The zero-order valence-electron chi connectivity index (χ0n) is 31.6. The fourth-order valence-corrected chi connectivity index (χ4v) is 9.41. The summed E-state index contributed by atoms with van der Waals surface area (Å²) in [5.41, 5.74) is -1.36. The second-order valence-electron chi connectivity index (χ2n) is 16.0. The minimum atomic E-state index is -0.973. The first-order valence-corrected chi connectivity index (χ1v) is 19.1. The number of nitrogens with zero attached hydrogens (tertiary/aromatic N) is 5. The second kappa shape index (κ2) is 14.3. The maximum atomic E-state index is 17.6. The van der Waals surface area contributed by atoms with Crippen molar-refractivity contribution in [3.63, 3.8) is 0 Å². The van der Waals surface area contributed by atoms with E-state index in [1.807, 2.05) is 25.7 Å². The predicted octanol–water partition coefficient (Wildman–Crippen LogP) is 7.92. The summed E-state index contributed by atoms with van der Waals surface area (Å²) in [5, 5.41) is 0.660. The summed E-state index contributed by atoms with van der Waals surface area (Å²) >= 11 is 7.14. The minimum absolute atomic E-state index is 0.0841. The Morgan fingerprint density at radius 1 is 1.04 bits per heavy atom. The molecule has 4 aliphatic rings. The van der Waals surface area contributed by atoms with Gasteiger partial charge in [-0.15, -0.1) is 0 Å². The third-order valence-corrected chi connectivity index (χ3v) is 11.6. The highest BCUT2D eigenvalue weighted by molar-refractivity contribution is 6.37. The quantitative estimate of drug-likeness (QED) is 0.156. The molecule has 2 bridgehead atoms. The van der Waals surface area contributed by atoms with Crippen LogP contribution in [-0.4, -0.2) is 109 Å². The van der Waals surface area contributed by atoms with E-state index in [1.165, 1.54) is 26.4 Å². The molecule has 5 heterocycles. The van der Waals surface area contributed by atoms with Gasteiger partial charge in [-0.05, 0) is 76.6 Å². The van der Waals surface area contributed by atoms with Crippen LogP contribution in [-0.2, 0) is 9.47 Å². The van der Waals surface area contributed by atoms with Crippen molar-refractivity contribution in [3.05, 3.63) is 47.0 Å². The summed E-state index contributed by atoms with van der Waals surface area (Å²) in [6, 6.07) is 7.18. The molecule has 0 spiro atoms. The highest BCUT2D eigenvalue weighted by Crippen LogP contribution is 2.50. The van der Waals surface area contributed by atoms with Crippen LogP contribution in [0.3, 0.4) is 0 Å². The number of anilines is 1. The van der Waals surface area contributed by atoms with E-state index in [2.05, 4.69) is 9.88 Å². The van der Waals surface area contributed by atoms with Crippen molar-refractivity contribution in [2.45, 2.75) is 82.3 Å². The van der Waals surface area contributed by atoms with Crippen molar-refractivity contribution in [2.75, 3.05) is 58.7 Å². The van der Waals surface area contributed by atoms with Gasteiger partial charge in [-0.1, -0.05) is 23.7 Å². The van der Waals surface area contributed by atoms with Gasteiger partial charge < -0.3 is 28.6 Å². The van der Waals surface area contributed by atoms with Crippen molar-refractivity contribution in [2.24, 2.45) is 0 Å². The lowest BCUT2D eigenvalue weighted by atomic mass is 9.95. The molecular weight excluding hydrogens is 739 g/mol. The van der Waals surface area contributed by atoms with Crippen LogP contribution in [0.25, 0.3) is 32.8 Å². The van der Waals surface area contributed by atoms with Crippen LogP contribution in [0.2, 0.25) is 5.02 Å². The summed E-state index contributed by atoms with van der Waals surface area (Å²) in [6.07, 6.45) is 2.12. The van der Waals surface area contributed by atoms with Crippen molar-refractivity contribution < 1.29 is 41.7 Å². The number of methoxy groups -OCH3 is 2. The number of amides is 1. The first-order valence-electron chi connectivity index (χ1n) is 18.7. The van der Waals surface area contributed by atoms with Crippen LogP contribution in [0.15, 0.2) is 30.3 Å². The summed E-state index contributed by atoms with van der Waals surface area (Å²) in [4.78, 5) is 28.8. The molecule has 1 aromatic heterocycles. The average molecular weight is 784 g/mol. The zero-order chi connectivity index (χ0) is 38.8. The van der Waals surface area contributed by atoms with Crippen LogP contribution in [0, 0.1) is 11.6 Å². The fraction of sp³-hybridized carbons (Fsp3) is 0.525. The number of aromatic nitrogens is 2. The lowest BCUT2D eigenvalue weighted by Crippen LogP contribution is -2.57. The smallest absolute Gasteiger partial charge is 0.410 e. The molecular formula is C40H45ClF3N5O6. The third kappa shape index (κ3) is 6.73. The number of piperazine rings is 1. The molecule has 0 saturated carbocycles. The molecule has 11 nitrogen and oxygen atoms in total. The Balaban J connectivity index is 1.29. The van der Waals surface area contributed by atoms with Crippen molar-refractivity contribution in [3.8, 4) is 28.6 Å². The summed E-state index contributed by atoms with van der Waals surface area (Å²) in [6.45, 7) is 7.35. The Bertz CT molecular complexity index is 2140. The molecule has 0 N–H and O–H groups in total. The monoisotopic (exact) mass is 783 g/mol. The van der Waals surface area contributed by atoms with E-state index >= 15 is 8.78 Å². The molecule has 2 unspecified atom stereocenters. The third-order valence-electron chi connectivity index (χ3n) is 11.3. The molecule has 0 radical (unpaired) electrons. The van der Waals surface area contributed by atoms with Gasteiger partial charge in [0.05, 0.1) is 35.1 Å². The van der Waals surface area contributed by atoms with Gasteiger partial charge in [0.2, 0.25) is 0 Å². The van der Waals surface area contributed by atoms with Crippen LogP contribution in [0.4, 0.5) is 23.8 Å². The van der Waals surface area contributed by atoms with Crippen LogP contribution in [0.1, 0.15) is 52.9 Å². The molecule has 55 heavy (non-hydrogen) atoms. The van der Waals surface area contributed by atoms with Gasteiger partial charge in [-0.3, -0.25) is 9.80 Å². The summed E-state index contributed by atoms with van der Waals surface area (Å²) in [5.74, 6) is -0.731. The number of ether oxygens (including phenoxy) is 5. The maximum absolute atomic E-state index is 17.6. The Kier molecular flexibility index (Phi) is 9.82. The summed E-state index contributed by atoms with van der Waals surface area (Å²) < 4.78 is 76.9. The number of benzene rings is 3. The maximum Gasteiger partial charge on any atom is 0.410 e. The normalized spacial score (nSPS) is 23.8. The van der Waals surface area contributed by atoms with E-state index in [0.29, 0.717) is 43.0 Å². The van der Waals surface area contributed by atoms with Crippen LogP contribution >= 0.6 is 11.6 Å². The SMILES string of the molecule is COCOc1cc(-c2c(Cl)c(OC)c3c(N4CC5CCC(C4)N5C(=O)OC(C)(C)C)nc(OC[C@@]45CCCN4C[C@H](F)C5)nc3c2F)c2c(F)cccc2c1. The molecule has 0 aliphatic carbocycles. The standard InChI is InChI=1S/C40H45ClF3N5O6/c1-39(2,3)55-38(50)49-24-10-11-25(49)19-47(18-24)36-31-34(45-37(46-36)53-20-40-12-7-13-48(40)17-23(42)16-40)33(44)30(32(41)35(31)52-5)27-15-26(54-21-51-4)14-22-8-6-9-28(43)29(22)27/h6,8-9,14-15,23-25H,7,10-13,16-21H2,1-5H3/t23-,24?,25?,40+/m1/s1. The number of fused-ring (bicyclic) bond motifs is 5. The number of rotatable bonds is 9. The zero-order valence-corrected chi connectivity index (χ0v) is 32.4. The number of alkyl halides is 1. The van der Waals surface area contributed by atoms with Crippen LogP contribution < -0.4 is 19.1 Å². The first kappa shape index (κ1) is 37.6. The van der Waals surface area contributed by atoms with Crippen molar-refractivity contribution in [1.82, 2.24) is 19.8 Å². The average Bonchev–Trinajstić information content (AvgIpc) is 3.75. The number of carbonyl (C=O) groups is 1. The Morgan fingerprint density at radius 2 is 1.80 bits per heavy atom. The molecule has 8 rings (SSSR count). The van der Waals surface area contributed by atoms with Gasteiger partial charge in [0.25, 0.3) is 0 Å². The number of halogens is 4. The summed E-state index contributed by atoms with van der Waals surface area (Å²) in [7, 11) is 2.89. The second-order valence-corrected chi connectivity index (χ2v) is 16.4. The molecule has 4 fully saturated rings. The number of hydrogen-bond acceptors (Lipinski definition) is 10. The number of carbonyl (C=O) groups excluding carboxylic acids is 1. The number of hydrogen-bond donors (Lipinski definition) is 0. The van der Waals surface area contributed by atoms with Gasteiger partial charge in [0.1, 0.15) is 41.3 Å². The van der Waals surface area contributed by atoms with Crippen molar-refractivity contribution in [1.29, 1.82) is 0 Å². The van der Waals surface area contributed by atoms with E-state index in [9.17, 15) is 9.18 Å². The lowest BCUT2D eigenvalue weighted by molar-refractivity contribution is 0.0122. The lowest BCUT2D eigenvalue weighted by Gasteiger charge is -2.42. The Hall–Kier alpha value is -4.27. The van der Waals surface area contributed by atoms with Gasteiger partial charge in [0.15, 0.2) is 18.4 Å². The highest BCUT2D eigenvalue weighted by Gasteiger charge is 2.50. The molecule has 1 amide bonds. The fourth-order valence-electron chi connectivity index (χ4n) is 9.05. The molecule has 4 saturated heterocycles. The first-order chi connectivity index (χ1) is 26.3. The molecule has 294 valence electrons. The minimum Gasteiger partial charge on any atom is -0.494 e. The molecule has 3 aromatic carbocycles. The molecule has 4 aromatic rings. The van der Waals surface area contributed by atoms with Gasteiger partial charge in [-0.25, -0.2) is 18.0 Å². The van der Waals surface area contributed by atoms with Gasteiger partial charge >= 0.3 is 12.1 Å². The van der Waals surface area contributed by atoms with Gasteiger partial charge in [-0.2, -0.15) is 9.97 Å². The van der Waals surface area contributed by atoms with E-state index in [0.717, 1.165) is 32.2 Å². The highest BCUT2D eigenvalue weighted by atomic mass is 35.5. The Morgan fingerprint density at radius 3 is 2.51 bits per heavy atom.